The van der Waals surface area contributed by atoms with Crippen molar-refractivity contribution in [1.82, 2.24) is 19.9 Å². The molecule has 0 amide bonds. The van der Waals surface area contributed by atoms with E-state index < -0.39 is 11.9 Å². The number of methoxy groups -OCH3 is 2. The highest BCUT2D eigenvalue weighted by Gasteiger charge is 2.29. The third kappa shape index (κ3) is 6.89. The maximum atomic E-state index is 11.6. The summed E-state index contributed by atoms with van der Waals surface area (Å²) in [7, 11) is 2.58. The molecule has 1 N–H and O–H groups in total. The van der Waals surface area contributed by atoms with E-state index in [1.165, 1.54) is 14.2 Å². The second kappa shape index (κ2) is 11.3. The van der Waals surface area contributed by atoms with Gasteiger partial charge in [0.2, 0.25) is 11.8 Å². The zero-order valence-electron chi connectivity index (χ0n) is 19.5. The lowest BCUT2D eigenvalue weighted by atomic mass is 10.3. The Bertz CT molecular complexity index is 1110. The van der Waals surface area contributed by atoms with Gasteiger partial charge in [-0.15, -0.1) is 0 Å². The molecule has 0 aliphatic heterocycles. The van der Waals surface area contributed by atoms with E-state index in [4.69, 9.17) is 21.1 Å². The lowest BCUT2D eigenvalue weighted by Crippen LogP contribution is -2.19. The first-order valence-electron chi connectivity index (χ1n) is 10.8. The minimum absolute atomic E-state index is 0.172. The molecule has 2 aromatic heterocycles. The smallest absolute Gasteiger partial charge is 0.343 e. The number of halogens is 1. The Morgan fingerprint density at radius 1 is 0.882 bits per heavy atom. The van der Waals surface area contributed by atoms with Crippen molar-refractivity contribution < 1.29 is 28.5 Å². The van der Waals surface area contributed by atoms with E-state index in [0.717, 1.165) is 25.7 Å². The molecule has 2 fully saturated rings. The van der Waals surface area contributed by atoms with E-state index in [1.807, 2.05) is 0 Å². The third-order valence-electron chi connectivity index (χ3n) is 5.20. The van der Waals surface area contributed by atoms with Crippen molar-refractivity contribution in [3.05, 3.63) is 38.3 Å². The molecular weight excluding hydrogens is 468 g/mol. The molecule has 12 heteroatoms. The summed E-state index contributed by atoms with van der Waals surface area (Å²) in [6.07, 6.45) is 4.22. The van der Waals surface area contributed by atoms with Crippen LogP contribution in [0.2, 0.25) is 5.15 Å². The van der Waals surface area contributed by atoms with E-state index in [0.29, 0.717) is 45.6 Å². The number of esters is 2. The van der Waals surface area contributed by atoms with Crippen LogP contribution in [0.1, 0.15) is 60.3 Å². The van der Waals surface area contributed by atoms with Crippen molar-refractivity contribution in [1.29, 1.82) is 0 Å². The molecule has 0 radical (unpaired) electrons. The number of carbonyl (C=O) groups is 2. The van der Waals surface area contributed by atoms with Crippen LogP contribution in [0, 0.1) is 13.8 Å². The van der Waals surface area contributed by atoms with Crippen molar-refractivity contribution in [2.45, 2.75) is 51.4 Å². The molecule has 0 saturated heterocycles. The Balaban J connectivity index is 0.000000191. The molecule has 11 nitrogen and oxygen atoms in total. The number of nitrogens with zero attached hydrogens (tertiary/aromatic N) is 3. The van der Waals surface area contributed by atoms with Gasteiger partial charge < -0.3 is 23.9 Å². The highest BCUT2D eigenvalue weighted by molar-refractivity contribution is 6.30. The molecule has 0 atom stereocenters. The van der Waals surface area contributed by atoms with Crippen LogP contribution in [0.3, 0.4) is 0 Å². The fourth-order valence-corrected chi connectivity index (χ4v) is 2.91. The van der Waals surface area contributed by atoms with Crippen LogP contribution in [0.5, 0.6) is 11.8 Å². The van der Waals surface area contributed by atoms with Gasteiger partial charge in [0.05, 0.1) is 19.8 Å². The summed E-state index contributed by atoms with van der Waals surface area (Å²) in [5, 5.41) is 0.377. The summed E-state index contributed by atoms with van der Waals surface area (Å²) in [5.74, 6) is 1.66. The van der Waals surface area contributed by atoms with Crippen LogP contribution in [0.25, 0.3) is 0 Å². The molecule has 0 spiro atoms. The Morgan fingerprint density at radius 3 is 1.91 bits per heavy atom. The quantitative estimate of drug-likeness (QED) is 0.429. The van der Waals surface area contributed by atoms with Crippen LogP contribution in [-0.4, -0.2) is 59.3 Å². The van der Waals surface area contributed by atoms with Gasteiger partial charge in [0, 0.05) is 17.4 Å². The fourth-order valence-electron chi connectivity index (χ4n) is 2.74. The molecule has 2 saturated carbocycles. The maximum absolute atomic E-state index is 11.6. The SMILES string of the molecule is COC(=O)COc1nc(C2CC2)[nH]c(=O)c1C.COC(=O)COc1nc(C2CC2)nc(Cl)c1C. The molecule has 0 unspecified atom stereocenters. The van der Waals surface area contributed by atoms with Gasteiger partial charge in [-0.1, -0.05) is 11.6 Å². The number of aromatic nitrogens is 4. The van der Waals surface area contributed by atoms with Crippen LogP contribution in [0.15, 0.2) is 4.79 Å². The van der Waals surface area contributed by atoms with Crippen molar-refractivity contribution in [2.24, 2.45) is 0 Å². The molecule has 2 heterocycles. The molecule has 34 heavy (non-hydrogen) atoms. The molecule has 184 valence electrons. The lowest BCUT2D eigenvalue weighted by Gasteiger charge is -2.09. The van der Waals surface area contributed by atoms with E-state index >= 15 is 0 Å². The number of nitrogens with one attached hydrogen (secondary N) is 1. The van der Waals surface area contributed by atoms with Crippen LogP contribution in [0.4, 0.5) is 0 Å². The first-order chi connectivity index (χ1) is 16.2. The predicted molar refractivity (Wildman–Crippen MR) is 120 cm³/mol. The molecule has 0 bridgehead atoms. The van der Waals surface area contributed by atoms with Crippen molar-refractivity contribution >= 4 is 23.5 Å². The zero-order chi connectivity index (χ0) is 24.8. The minimum Gasteiger partial charge on any atom is -0.466 e. The second-order valence-corrected chi connectivity index (χ2v) is 8.32. The van der Waals surface area contributed by atoms with E-state index in [9.17, 15) is 14.4 Å². The van der Waals surface area contributed by atoms with E-state index in [1.54, 1.807) is 13.8 Å². The highest BCUT2D eigenvalue weighted by atomic mass is 35.5. The van der Waals surface area contributed by atoms with E-state index in [2.05, 4.69) is 29.4 Å². The normalized spacial score (nSPS) is 14.5. The van der Waals surface area contributed by atoms with Gasteiger partial charge >= 0.3 is 11.9 Å². The Kier molecular flexibility index (Phi) is 8.43. The standard InChI is InChI=1S/C11H13ClN2O3.C11H14N2O4/c1-6-9(12)13-10(7-3-4-7)14-11(6)17-5-8(15)16-2;1-6-10(15)12-9(7-3-4-7)13-11(6)17-5-8(14)16-2/h7H,3-5H2,1-2H3;7H,3-5H2,1-2H3,(H,12,13,15). The first kappa shape index (κ1) is 25.4. The van der Waals surface area contributed by atoms with Gasteiger partial charge in [0.1, 0.15) is 16.8 Å². The zero-order valence-corrected chi connectivity index (χ0v) is 20.2. The molecule has 2 aliphatic rings. The number of ether oxygens (including phenoxy) is 4. The van der Waals surface area contributed by atoms with Crippen molar-refractivity contribution in [2.75, 3.05) is 27.4 Å². The summed E-state index contributed by atoms with van der Waals surface area (Å²) < 4.78 is 19.4. The number of rotatable bonds is 8. The Hall–Kier alpha value is -3.21. The number of aromatic amines is 1. The summed E-state index contributed by atoms with van der Waals surface area (Å²) in [4.78, 5) is 49.0. The van der Waals surface area contributed by atoms with Crippen LogP contribution < -0.4 is 15.0 Å². The van der Waals surface area contributed by atoms with Crippen LogP contribution in [-0.2, 0) is 19.1 Å². The lowest BCUT2D eigenvalue weighted by molar-refractivity contribution is -0.143. The van der Waals surface area contributed by atoms with Crippen molar-refractivity contribution in [3.8, 4) is 11.8 Å². The van der Waals surface area contributed by atoms with Gasteiger partial charge in [-0.2, -0.15) is 9.97 Å². The predicted octanol–water partition coefficient (Wildman–Crippen LogP) is 2.38. The summed E-state index contributed by atoms with van der Waals surface area (Å²) in [6.45, 7) is 2.95. The third-order valence-corrected chi connectivity index (χ3v) is 5.57. The number of carbonyl (C=O) groups excluding carboxylic acids is 2. The largest absolute Gasteiger partial charge is 0.466 e. The molecule has 2 aliphatic carbocycles. The summed E-state index contributed by atoms with van der Waals surface area (Å²) in [6, 6.07) is 0. The first-order valence-corrected chi connectivity index (χ1v) is 11.1. The van der Waals surface area contributed by atoms with Crippen LogP contribution >= 0.6 is 11.6 Å². The topological polar surface area (TPSA) is 143 Å². The van der Waals surface area contributed by atoms with Gasteiger partial charge in [-0.25, -0.2) is 14.6 Å². The molecular formula is C22H27ClN4O7. The summed E-state index contributed by atoms with van der Waals surface area (Å²) >= 11 is 5.99. The average Bonchev–Trinajstić information content (AvgIpc) is 3.72. The Morgan fingerprint density at radius 2 is 1.41 bits per heavy atom. The monoisotopic (exact) mass is 494 g/mol. The molecule has 4 rings (SSSR count). The molecule has 2 aromatic rings. The van der Waals surface area contributed by atoms with Gasteiger partial charge in [0.15, 0.2) is 13.2 Å². The Labute approximate surface area is 201 Å². The van der Waals surface area contributed by atoms with E-state index in [-0.39, 0.29) is 24.7 Å². The fraction of sp³-hybridized carbons (Fsp3) is 0.545. The summed E-state index contributed by atoms with van der Waals surface area (Å²) in [5.41, 5.74) is 0.792. The van der Waals surface area contributed by atoms with Crippen molar-refractivity contribution in [3.63, 3.8) is 0 Å². The number of H-pyrrole nitrogens is 1. The number of hydrogen-bond acceptors (Lipinski definition) is 10. The number of hydrogen-bond donors (Lipinski definition) is 1. The van der Waals surface area contributed by atoms with Gasteiger partial charge in [-0.05, 0) is 39.5 Å². The minimum atomic E-state index is -0.501. The second-order valence-electron chi connectivity index (χ2n) is 7.96. The molecule has 0 aromatic carbocycles. The van der Waals surface area contributed by atoms with Gasteiger partial charge in [0.25, 0.3) is 5.56 Å². The van der Waals surface area contributed by atoms with Gasteiger partial charge in [-0.3, -0.25) is 4.79 Å². The maximum Gasteiger partial charge on any atom is 0.343 e. The highest BCUT2D eigenvalue weighted by Crippen LogP contribution is 2.40. The average molecular weight is 495 g/mol.